The molecular formula is C38H54O. The van der Waals surface area contributed by atoms with E-state index in [1.807, 2.05) is 0 Å². The minimum absolute atomic E-state index is 0.0145. The molecule has 0 radical (unpaired) electrons. The first-order valence-corrected chi connectivity index (χ1v) is 14.7. The van der Waals surface area contributed by atoms with Crippen LogP contribution in [0.25, 0.3) is 0 Å². The van der Waals surface area contributed by atoms with Crippen molar-refractivity contribution in [1.29, 1.82) is 0 Å². The molecule has 1 N–H and O–H groups in total. The second-order valence-electron chi connectivity index (χ2n) is 13.1. The molecule has 0 heterocycles. The van der Waals surface area contributed by atoms with Gasteiger partial charge in [-0.15, -0.1) is 0 Å². The molecule has 212 valence electrons. The Bertz CT molecular complexity index is 1170. The summed E-state index contributed by atoms with van der Waals surface area (Å²) in [6.45, 7) is 22.2. The molecule has 1 atom stereocenters. The fourth-order valence-electron chi connectivity index (χ4n) is 5.81. The maximum absolute atomic E-state index is 10.1. The lowest BCUT2D eigenvalue weighted by atomic mass is 9.71. The molecule has 0 amide bonds. The van der Waals surface area contributed by atoms with Gasteiger partial charge in [-0.2, -0.15) is 0 Å². The van der Waals surface area contributed by atoms with Crippen LogP contribution in [-0.2, 0) is 0 Å². The maximum atomic E-state index is 10.1. The highest BCUT2D eigenvalue weighted by atomic mass is 16.3. The number of hydrogen-bond donors (Lipinski definition) is 1. The Morgan fingerprint density at radius 3 is 1.59 bits per heavy atom. The van der Waals surface area contributed by atoms with E-state index < -0.39 is 0 Å². The van der Waals surface area contributed by atoms with E-state index in [-0.39, 0.29) is 16.9 Å². The minimum Gasteiger partial charge on any atom is -0.393 e. The molecular weight excluding hydrogens is 472 g/mol. The third-order valence-corrected chi connectivity index (χ3v) is 8.09. The lowest BCUT2D eigenvalue weighted by Gasteiger charge is -2.35. The van der Waals surface area contributed by atoms with Crippen molar-refractivity contribution in [2.24, 2.45) is 10.8 Å². The standard InChI is InChI=1S/C38H54O/c1-28(14-11-16-30(3)21-23-35-32(5)18-13-25-37(35,7)8)19-20-29(2)15-12-17-31(4)22-24-36-33(6)26-34(39)27-38(36,9)10/h11-12,14-17,19-24,34,39H,13,18,25-27H2,1-10H3/b14-11+,15-12+,23-21+,24-22+,28-19+,29-20+,30-16+,31-17+/t34-/m1/s1. The fourth-order valence-corrected chi connectivity index (χ4v) is 5.81. The number of aliphatic hydroxyl groups is 1. The molecule has 0 aromatic rings. The van der Waals surface area contributed by atoms with E-state index >= 15 is 0 Å². The van der Waals surface area contributed by atoms with E-state index in [0.717, 1.165) is 12.8 Å². The quantitative estimate of drug-likeness (QED) is 0.296. The van der Waals surface area contributed by atoms with Gasteiger partial charge in [-0.05, 0) is 95.6 Å². The second-order valence-corrected chi connectivity index (χ2v) is 13.1. The van der Waals surface area contributed by atoms with Gasteiger partial charge < -0.3 is 5.11 Å². The van der Waals surface area contributed by atoms with E-state index in [0.29, 0.717) is 0 Å². The molecule has 2 rings (SSSR count). The van der Waals surface area contributed by atoms with Crippen LogP contribution in [0.2, 0.25) is 0 Å². The van der Waals surface area contributed by atoms with Crippen molar-refractivity contribution in [2.45, 2.75) is 107 Å². The molecule has 0 aromatic heterocycles. The minimum atomic E-state index is -0.219. The van der Waals surface area contributed by atoms with E-state index in [4.69, 9.17) is 0 Å². The molecule has 0 fully saturated rings. The molecule has 0 spiro atoms. The molecule has 2 aliphatic rings. The Balaban J connectivity index is 1.95. The highest BCUT2D eigenvalue weighted by molar-refractivity contribution is 5.39. The molecule has 1 nitrogen and oxygen atoms in total. The summed E-state index contributed by atoms with van der Waals surface area (Å²) in [7, 11) is 0. The van der Waals surface area contributed by atoms with Crippen LogP contribution in [0.5, 0.6) is 0 Å². The molecule has 0 bridgehead atoms. The van der Waals surface area contributed by atoms with Gasteiger partial charge >= 0.3 is 0 Å². The molecule has 0 unspecified atom stereocenters. The summed E-state index contributed by atoms with van der Waals surface area (Å²) in [5.41, 5.74) is 10.9. The summed E-state index contributed by atoms with van der Waals surface area (Å²) >= 11 is 0. The monoisotopic (exact) mass is 526 g/mol. The topological polar surface area (TPSA) is 20.2 Å². The molecule has 0 aliphatic heterocycles. The van der Waals surface area contributed by atoms with Crippen molar-refractivity contribution >= 4 is 0 Å². The predicted octanol–water partition coefficient (Wildman–Crippen LogP) is 11.0. The largest absolute Gasteiger partial charge is 0.393 e. The van der Waals surface area contributed by atoms with E-state index in [9.17, 15) is 5.11 Å². The summed E-state index contributed by atoms with van der Waals surface area (Å²) in [6.07, 6.45) is 31.4. The lowest BCUT2D eigenvalue weighted by Crippen LogP contribution is -2.28. The zero-order chi connectivity index (χ0) is 29.2. The Hall–Kier alpha value is -2.64. The van der Waals surface area contributed by atoms with Crippen LogP contribution in [0, 0.1) is 10.8 Å². The molecule has 39 heavy (non-hydrogen) atoms. The van der Waals surface area contributed by atoms with Gasteiger partial charge in [-0.25, -0.2) is 0 Å². The number of aliphatic hydroxyl groups excluding tert-OH is 1. The van der Waals surface area contributed by atoms with Crippen molar-refractivity contribution in [1.82, 2.24) is 0 Å². The summed E-state index contributed by atoms with van der Waals surface area (Å²) < 4.78 is 0. The molecule has 0 aromatic carbocycles. The first-order valence-electron chi connectivity index (χ1n) is 14.7. The third-order valence-electron chi connectivity index (χ3n) is 8.09. The van der Waals surface area contributed by atoms with Crippen molar-refractivity contribution in [3.63, 3.8) is 0 Å². The van der Waals surface area contributed by atoms with Crippen LogP contribution in [0.1, 0.15) is 101 Å². The molecule has 0 saturated carbocycles. The lowest BCUT2D eigenvalue weighted by molar-refractivity contribution is 0.116. The van der Waals surface area contributed by atoms with Gasteiger partial charge in [0, 0.05) is 0 Å². The first kappa shape index (κ1) is 32.6. The SMILES string of the molecule is CC1=C(/C=C/C(C)=C/C=C/C(C)=C/C=C(C)/C=C/C=C(C)/C=C/C2=C(C)C[C@@H](O)CC2(C)C)C(C)(C)CCC1. The number of rotatable bonds is 9. The van der Waals surface area contributed by atoms with Crippen LogP contribution in [0.15, 0.2) is 117 Å². The van der Waals surface area contributed by atoms with E-state index in [1.165, 1.54) is 58.3 Å². The number of allylic oxidation sites excluding steroid dienone is 19. The van der Waals surface area contributed by atoms with Gasteiger partial charge in [0.1, 0.15) is 0 Å². The van der Waals surface area contributed by atoms with Crippen molar-refractivity contribution < 1.29 is 5.11 Å². The first-order chi connectivity index (χ1) is 18.2. The Labute approximate surface area is 240 Å². The highest BCUT2D eigenvalue weighted by Gasteiger charge is 2.31. The van der Waals surface area contributed by atoms with Gasteiger partial charge in [-0.3, -0.25) is 0 Å². The summed E-state index contributed by atoms with van der Waals surface area (Å²) in [5.74, 6) is 0. The van der Waals surface area contributed by atoms with Crippen LogP contribution < -0.4 is 0 Å². The summed E-state index contributed by atoms with van der Waals surface area (Å²) in [6, 6.07) is 0. The normalized spacial score (nSPS) is 23.9. The van der Waals surface area contributed by atoms with Gasteiger partial charge in [0.2, 0.25) is 0 Å². The van der Waals surface area contributed by atoms with Crippen LogP contribution >= 0.6 is 0 Å². The van der Waals surface area contributed by atoms with Gasteiger partial charge in [-0.1, -0.05) is 134 Å². The Morgan fingerprint density at radius 1 is 0.667 bits per heavy atom. The second kappa shape index (κ2) is 14.7. The third kappa shape index (κ3) is 10.8. The highest BCUT2D eigenvalue weighted by Crippen LogP contribution is 2.41. The predicted molar refractivity (Wildman–Crippen MR) is 174 cm³/mol. The zero-order valence-electron chi connectivity index (χ0n) is 26.5. The van der Waals surface area contributed by atoms with Gasteiger partial charge in [0.25, 0.3) is 0 Å². The Morgan fingerprint density at radius 2 is 1.13 bits per heavy atom. The van der Waals surface area contributed by atoms with E-state index in [2.05, 4.69) is 142 Å². The van der Waals surface area contributed by atoms with Crippen LogP contribution in [0.3, 0.4) is 0 Å². The zero-order valence-corrected chi connectivity index (χ0v) is 26.5. The fraction of sp³-hybridized carbons (Fsp3) is 0.474. The molecule has 1 heteroatoms. The maximum Gasteiger partial charge on any atom is 0.0585 e. The smallest absolute Gasteiger partial charge is 0.0585 e. The molecule has 2 aliphatic carbocycles. The number of hydrogen-bond acceptors (Lipinski definition) is 1. The summed E-state index contributed by atoms with van der Waals surface area (Å²) in [4.78, 5) is 0. The van der Waals surface area contributed by atoms with Crippen molar-refractivity contribution in [3.8, 4) is 0 Å². The van der Waals surface area contributed by atoms with E-state index in [1.54, 1.807) is 5.57 Å². The summed E-state index contributed by atoms with van der Waals surface area (Å²) in [5, 5.41) is 10.1. The average molecular weight is 527 g/mol. The van der Waals surface area contributed by atoms with Gasteiger partial charge in [0.15, 0.2) is 0 Å². The Kier molecular flexibility index (Phi) is 12.2. The van der Waals surface area contributed by atoms with Crippen molar-refractivity contribution in [3.05, 3.63) is 117 Å². The molecule has 0 saturated heterocycles. The van der Waals surface area contributed by atoms with Crippen LogP contribution in [0.4, 0.5) is 0 Å². The van der Waals surface area contributed by atoms with Crippen LogP contribution in [-0.4, -0.2) is 11.2 Å². The average Bonchev–Trinajstić information content (AvgIpc) is 2.80. The van der Waals surface area contributed by atoms with Crippen molar-refractivity contribution in [2.75, 3.05) is 0 Å². The van der Waals surface area contributed by atoms with Gasteiger partial charge in [0.05, 0.1) is 6.10 Å².